The van der Waals surface area contributed by atoms with Gasteiger partial charge < -0.3 is 10.5 Å². The Morgan fingerprint density at radius 3 is 2.10 bits per heavy atom. The minimum absolute atomic E-state index is 0.551. The molecule has 1 saturated heterocycles. The normalized spacial score (nSPS) is 41.1. The Morgan fingerprint density at radius 2 is 2.10 bits per heavy atom. The molecule has 0 aromatic rings. The van der Waals surface area contributed by atoms with Crippen LogP contribution in [-0.4, -0.2) is 23.9 Å². The van der Waals surface area contributed by atoms with Gasteiger partial charge in [0.2, 0.25) is 0 Å². The van der Waals surface area contributed by atoms with E-state index in [1.54, 1.807) is 0 Å². The standard InChI is InChI=1S/C4H5ClF3NO/c5-2-3(9,1-10-2)4(6,7)8/h2H,1,9H2. The van der Waals surface area contributed by atoms with Gasteiger partial charge in [-0.05, 0) is 0 Å². The quantitative estimate of drug-likeness (QED) is 0.554. The fourth-order valence-electron chi connectivity index (χ4n) is 0.536. The fourth-order valence-corrected chi connectivity index (χ4v) is 0.786. The van der Waals surface area contributed by atoms with Crippen molar-refractivity contribution in [3.63, 3.8) is 0 Å². The molecular weight excluding hydrogens is 170 g/mol. The summed E-state index contributed by atoms with van der Waals surface area (Å²) in [6, 6.07) is 0. The Kier molecular flexibility index (Phi) is 1.61. The third-order valence-electron chi connectivity index (χ3n) is 1.40. The highest BCUT2D eigenvalue weighted by molar-refractivity contribution is 6.21. The van der Waals surface area contributed by atoms with Crippen LogP contribution in [0.3, 0.4) is 0 Å². The predicted octanol–water partition coefficient (Wildman–Crippen LogP) is 0.841. The number of alkyl halides is 4. The summed E-state index contributed by atoms with van der Waals surface area (Å²) in [5.41, 5.74) is 1.07. The third-order valence-corrected chi connectivity index (χ3v) is 1.92. The van der Waals surface area contributed by atoms with Crippen molar-refractivity contribution in [3.8, 4) is 0 Å². The molecule has 1 aliphatic rings. The second kappa shape index (κ2) is 1.99. The number of hydrogen-bond donors (Lipinski definition) is 1. The topological polar surface area (TPSA) is 35.2 Å². The van der Waals surface area contributed by atoms with Gasteiger partial charge in [0.25, 0.3) is 0 Å². The van der Waals surface area contributed by atoms with E-state index < -0.39 is 23.9 Å². The van der Waals surface area contributed by atoms with Gasteiger partial charge in [-0.2, -0.15) is 13.2 Å². The first-order valence-electron chi connectivity index (χ1n) is 2.49. The van der Waals surface area contributed by atoms with Crippen molar-refractivity contribution >= 4 is 11.6 Å². The third kappa shape index (κ3) is 0.889. The molecule has 2 N–H and O–H groups in total. The highest BCUT2D eigenvalue weighted by atomic mass is 35.5. The maximum Gasteiger partial charge on any atom is 0.412 e. The Bertz CT molecular complexity index is 150. The number of ether oxygens (including phenoxy) is 1. The van der Waals surface area contributed by atoms with Crippen molar-refractivity contribution in [2.24, 2.45) is 5.73 Å². The summed E-state index contributed by atoms with van der Waals surface area (Å²) in [6.45, 7) is -0.551. The molecule has 10 heavy (non-hydrogen) atoms. The molecule has 0 aromatic heterocycles. The van der Waals surface area contributed by atoms with E-state index in [-0.39, 0.29) is 0 Å². The zero-order valence-corrected chi connectivity index (χ0v) is 5.54. The molecule has 60 valence electrons. The molecule has 0 bridgehead atoms. The van der Waals surface area contributed by atoms with Gasteiger partial charge in [0.1, 0.15) is 0 Å². The van der Waals surface area contributed by atoms with E-state index in [2.05, 4.69) is 4.74 Å². The van der Waals surface area contributed by atoms with Gasteiger partial charge in [-0.3, -0.25) is 0 Å². The van der Waals surface area contributed by atoms with E-state index in [9.17, 15) is 13.2 Å². The average Bonchev–Trinajstić information content (AvgIpc) is 1.80. The molecule has 1 rings (SSSR count). The highest BCUT2D eigenvalue weighted by Crippen LogP contribution is 2.40. The molecule has 0 saturated carbocycles. The van der Waals surface area contributed by atoms with Gasteiger partial charge in [-0.25, -0.2) is 0 Å². The van der Waals surface area contributed by atoms with Gasteiger partial charge >= 0.3 is 6.18 Å². The summed E-state index contributed by atoms with van der Waals surface area (Å²) < 4.78 is 39.8. The van der Waals surface area contributed by atoms with Crippen molar-refractivity contribution < 1.29 is 17.9 Å². The number of nitrogens with two attached hydrogens (primary N) is 1. The first-order valence-corrected chi connectivity index (χ1v) is 2.93. The predicted molar refractivity (Wildman–Crippen MR) is 28.6 cm³/mol. The molecule has 2 nitrogen and oxygen atoms in total. The lowest BCUT2D eigenvalue weighted by Gasteiger charge is -2.43. The van der Waals surface area contributed by atoms with E-state index in [1.807, 2.05) is 0 Å². The number of hydrogen-bond acceptors (Lipinski definition) is 2. The molecule has 1 fully saturated rings. The van der Waals surface area contributed by atoms with Crippen LogP contribution in [0.25, 0.3) is 0 Å². The second-order valence-electron chi connectivity index (χ2n) is 2.17. The van der Waals surface area contributed by atoms with Crippen molar-refractivity contribution in [1.29, 1.82) is 0 Å². The fraction of sp³-hybridized carbons (Fsp3) is 1.00. The number of rotatable bonds is 0. The molecule has 2 unspecified atom stereocenters. The molecule has 1 aliphatic heterocycles. The molecule has 0 aliphatic carbocycles. The Balaban J connectivity index is 2.70. The van der Waals surface area contributed by atoms with E-state index >= 15 is 0 Å². The lowest BCUT2D eigenvalue weighted by atomic mass is 9.98. The molecule has 0 aromatic carbocycles. The summed E-state index contributed by atoms with van der Waals surface area (Å²) >= 11 is 5.07. The summed E-state index contributed by atoms with van der Waals surface area (Å²) in [5, 5.41) is 0. The Hall–Kier alpha value is 0. The SMILES string of the molecule is NC1(C(F)(F)F)COC1Cl. The Morgan fingerprint density at radius 1 is 1.60 bits per heavy atom. The highest BCUT2D eigenvalue weighted by Gasteiger charge is 2.63. The molecule has 2 atom stereocenters. The van der Waals surface area contributed by atoms with Gasteiger partial charge in [0.15, 0.2) is 11.1 Å². The zero-order valence-electron chi connectivity index (χ0n) is 4.78. The largest absolute Gasteiger partial charge is 0.412 e. The second-order valence-corrected chi connectivity index (χ2v) is 2.56. The van der Waals surface area contributed by atoms with Gasteiger partial charge in [-0.1, -0.05) is 11.6 Å². The molecule has 0 amide bonds. The summed E-state index contributed by atoms with van der Waals surface area (Å²) in [5.74, 6) is 0. The number of halogens is 4. The molecule has 6 heteroatoms. The van der Waals surface area contributed by atoms with Crippen LogP contribution < -0.4 is 5.73 Å². The van der Waals surface area contributed by atoms with Crippen molar-refractivity contribution in [3.05, 3.63) is 0 Å². The van der Waals surface area contributed by atoms with Crippen LogP contribution in [0, 0.1) is 0 Å². The minimum atomic E-state index is -4.47. The molecule has 0 radical (unpaired) electrons. The zero-order chi connectivity index (χ0) is 7.99. The van der Waals surface area contributed by atoms with Crippen LogP contribution in [0.4, 0.5) is 13.2 Å². The van der Waals surface area contributed by atoms with Gasteiger partial charge in [0.05, 0.1) is 6.61 Å². The van der Waals surface area contributed by atoms with Gasteiger partial charge in [0, 0.05) is 0 Å². The lowest BCUT2D eigenvalue weighted by molar-refractivity contribution is -0.266. The monoisotopic (exact) mass is 175 g/mol. The Labute approximate surface area is 60.1 Å². The smallest absolute Gasteiger partial charge is 0.358 e. The van der Waals surface area contributed by atoms with Crippen LogP contribution in [0.1, 0.15) is 0 Å². The van der Waals surface area contributed by atoms with E-state index in [0.717, 1.165) is 0 Å². The van der Waals surface area contributed by atoms with Crippen molar-refractivity contribution in [1.82, 2.24) is 0 Å². The van der Waals surface area contributed by atoms with Crippen LogP contribution in [0.5, 0.6) is 0 Å². The maximum absolute atomic E-state index is 11.8. The minimum Gasteiger partial charge on any atom is -0.358 e. The summed E-state index contributed by atoms with van der Waals surface area (Å²) in [4.78, 5) is 0. The van der Waals surface area contributed by atoms with Crippen LogP contribution >= 0.6 is 11.6 Å². The maximum atomic E-state index is 11.8. The van der Waals surface area contributed by atoms with Crippen LogP contribution in [-0.2, 0) is 4.74 Å². The van der Waals surface area contributed by atoms with Crippen LogP contribution in [0.2, 0.25) is 0 Å². The van der Waals surface area contributed by atoms with E-state index in [4.69, 9.17) is 17.3 Å². The molecule has 1 heterocycles. The van der Waals surface area contributed by atoms with E-state index in [0.29, 0.717) is 0 Å². The summed E-state index contributed by atoms with van der Waals surface area (Å²) in [6.07, 6.45) is -4.47. The average molecular weight is 176 g/mol. The van der Waals surface area contributed by atoms with Crippen molar-refractivity contribution in [2.45, 2.75) is 17.3 Å². The van der Waals surface area contributed by atoms with Crippen molar-refractivity contribution in [2.75, 3.05) is 6.61 Å². The molecule has 0 spiro atoms. The first-order chi connectivity index (χ1) is 4.38. The van der Waals surface area contributed by atoms with Crippen LogP contribution in [0.15, 0.2) is 0 Å². The lowest BCUT2D eigenvalue weighted by Crippen LogP contribution is -2.70. The van der Waals surface area contributed by atoms with Gasteiger partial charge in [-0.15, -0.1) is 0 Å². The van der Waals surface area contributed by atoms with E-state index in [1.165, 1.54) is 0 Å². The first kappa shape index (κ1) is 8.10. The summed E-state index contributed by atoms with van der Waals surface area (Å²) in [7, 11) is 0. The molecular formula is C4H5ClF3NO.